The monoisotopic (exact) mass is 231 g/mol. The number of nitrogens with one attached hydrogen (secondary N) is 2. The summed E-state index contributed by atoms with van der Waals surface area (Å²) in [6, 6.07) is 0. The standard InChI is InChI=1S/C7H9N3O4S/c1-2-3-9-15(13,14)6-5(7(11)12)4-8-10-6/h2,4,9H,1,3H2,(H,8,10)(H,11,12). The molecule has 7 nitrogen and oxygen atoms in total. The molecule has 0 saturated heterocycles. The van der Waals surface area contributed by atoms with Crippen molar-refractivity contribution in [3.63, 3.8) is 0 Å². The van der Waals surface area contributed by atoms with Gasteiger partial charge in [0.1, 0.15) is 5.56 Å². The number of carboxylic acid groups (broad SMARTS) is 1. The van der Waals surface area contributed by atoms with Crippen molar-refractivity contribution in [1.82, 2.24) is 14.9 Å². The summed E-state index contributed by atoms with van der Waals surface area (Å²) in [6.45, 7) is 3.35. The molecule has 0 saturated carbocycles. The van der Waals surface area contributed by atoms with Gasteiger partial charge in [-0.25, -0.2) is 17.9 Å². The van der Waals surface area contributed by atoms with E-state index in [4.69, 9.17) is 5.11 Å². The summed E-state index contributed by atoms with van der Waals surface area (Å²) >= 11 is 0. The van der Waals surface area contributed by atoms with Crippen molar-refractivity contribution in [3.8, 4) is 0 Å². The molecule has 0 bridgehead atoms. The molecule has 1 aromatic heterocycles. The molecule has 15 heavy (non-hydrogen) atoms. The van der Waals surface area contributed by atoms with Crippen LogP contribution in [0.3, 0.4) is 0 Å². The van der Waals surface area contributed by atoms with Crippen molar-refractivity contribution in [2.45, 2.75) is 5.03 Å². The molecule has 0 aliphatic carbocycles. The lowest BCUT2D eigenvalue weighted by Gasteiger charge is -2.02. The third-order valence-electron chi connectivity index (χ3n) is 1.52. The number of aromatic carboxylic acids is 1. The molecule has 0 fully saturated rings. The second-order valence-electron chi connectivity index (χ2n) is 2.56. The second-order valence-corrected chi connectivity index (χ2v) is 4.26. The third-order valence-corrected chi connectivity index (χ3v) is 2.92. The summed E-state index contributed by atoms with van der Waals surface area (Å²) in [7, 11) is -3.87. The van der Waals surface area contributed by atoms with Gasteiger partial charge in [0.2, 0.25) is 0 Å². The first-order valence-electron chi connectivity index (χ1n) is 3.86. The highest BCUT2D eigenvalue weighted by Gasteiger charge is 2.23. The van der Waals surface area contributed by atoms with E-state index in [2.05, 4.69) is 21.5 Å². The van der Waals surface area contributed by atoms with Gasteiger partial charge in [-0.15, -0.1) is 6.58 Å². The molecule has 1 heterocycles. The van der Waals surface area contributed by atoms with Gasteiger partial charge in [-0.2, -0.15) is 5.10 Å². The fraction of sp³-hybridized carbons (Fsp3) is 0.143. The highest BCUT2D eigenvalue weighted by atomic mass is 32.2. The zero-order valence-corrected chi connectivity index (χ0v) is 8.41. The number of H-pyrrole nitrogens is 1. The van der Waals surface area contributed by atoms with Gasteiger partial charge in [-0.3, -0.25) is 5.10 Å². The van der Waals surface area contributed by atoms with E-state index in [-0.39, 0.29) is 6.54 Å². The summed E-state index contributed by atoms with van der Waals surface area (Å²) in [5.41, 5.74) is -0.397. The van der Waals surface area contributed by atoms with E-state index in [9.17, 15) is 13.2 Å². The number of aromatic amines is 1. The van der Waals surface area contributed by atoms with Crippen LogP contribution in [0.25, 0.3) is 0 Å². The zero-order valence-electron chi connectivity index (χ0n) is 7.60. The van der Waals surface area contributed by atoms with Crippen LogP contribution < -0.4 is 4.72 Å². The van der Waals surface area contributed by atoms with Gasteiger partial charge in [0, 0.05) is 6.54 Å². The molecule has 1 rings (SSSR count). The molecule has 82 valence electrons. The number of hydrogen-bond donors (Lipinski definition) is 3. The average Bonchev–Trinajstić information content (AvgIpc) is 2.63. The maximum atomic E-state index is 11.5. The maximum Gasteiger partial charge on any atom is 0.340 e. The molecule has 0 unspecified atom stereocenters. The lowest BCUT2D eigenvalue weighted by atomic mass is 10.4. The number of aromatic nitrogens is 2. The molecule has 0 amide bonds. The van der Waals surface area contributed by atoms with Crippen LogP contribution in [0.2, 0.25) is 0 Å². The second kappa shape index (κ2) is 4.24. The molecule has 1 aromatic rings. The van der Waals surface area contributed by atoms with E-state index in [1.165, 1.54) is 6.08 Å². The van der Waals surface area contributed by atoms with Gasteiger partial charge >= 0.3 is 5.97 Å². The van der Waals surface area contributed by atoms with Crippen LogP contribution in [0.4, 0.5) is 0 Å². The molecule has 0 aromatic carbocycles. The summed E-state index contributed by atoms with van der Waals surface area (Å²) in [5, 5.41) is 13.7. The number of carbonyl (C=O) groups is 1. The summed E-state index contributed by atoms with van der Waals surface area (Å²) in [5.74, 6) is -1.36. The summed E-state index contributed by atoms with van der Waals surface area (Å²) < 4.78 is 25.1. The Kier molecular flexibility index (Phi) is 3.22. The van der Waals surface area contributed by atoms with E-state index in [1.54, 1.807) is 0 Å². The van der Waals surface area contributed by atoms with Gasteiger partial charge < -0.3 is 5.11 Å². The lowest BCUT2D eigenvalue weighted by molar-refractivity contribution is 0.0692. The predicted molar refractivity (Wildman–Crippen MR) is 50.9 cm³/mol. The molecule has 3 N–H and O–H groups in total. The molecule has 0 aliphatic heterocycles. The average molecular weight is 231 g/mol. The molecular weight excluding hydrogens is 222 g/mol. The highest BCUT2D eigenvalue weighted by Crippen LogP contribution is 2.10. The van der Waals surface area contributed by atoms with Crippen LogP contribution >= 0.6 is 0 Å². The minimum Gasteiger partial charge on any atom is -0.478 e. The Morgan fingerprint density at radius 2 is 2.40 bits per heavy atom. The van der Waals surface area contributed by atoms with Crippen molar-refractivity contribution in [3.05, 3.63) is 24.4 Å². The first-order chi connectivity index (χ1) is 6.99. The Bertz CT molecular complexity index is 476. The van der Waals surface area contributed by atoms with Crippen LogP contribution in [0, 0.1) is 0 Å². The van der Waals surface area contributed by atoms with Crippen molar-refractivity contribution >= 4 is 16.0 Å². The van der Waals surface area contributed by atoms with Crippen LogP contribution in [0.1, 0.15) is 10.4 Å². The van der Waals surface area contributed by atoms with Gasteiger partial charge in [0.25, 0.3) is 10.0 Å². The maximum absolute atomic E-state index is 11.5. The zero-order chi connectivity index (χ0) is 11.5. The fourth-order valence-corrected chi connectivity index (χ4v) is 1.96. The number of sulfonamides is 1. The van der Waals surface area contributed by atoms with Crippen molar-refractivity contribution in [2.75, 3.05) is 6.54 Å². The first-order valence-corrected chi connectivity index (χ1v) is 5.34. The Hall–Kier alpha value is -1.67. The summed E-state index contributed by atoms with van der Waals surface area (Å²) in [4.78, 5) is 10.6. The first kappa shape index (κ1) is 11.4. The molecular formula is C7H9N3O4S. The molecule has 8 heteroatoms. The Morgan fingerprint density at radius 1 is 1.73 bits per heavy atom. The van der Waals surface area contributed by atoms with E-state index >= 15 is 0 Å². The number of carboxylic acids is 1. The normalized spacial score (nSPS) is 11.2. The Balaban J connectivity index is 3.10. The summed E-state index contributed by atoms with van der Waals surface area (Å²) in [6.07, 6.45) is 2.28. The minimum atomic E-state index is -3.87. The largest absolute Gasteiger partial charge is 0.478 e. The molecule has 0 spiro atoms. The van der Waals surface area contributed by atoms with Crippen LogP contribution in [0.5, 0.6) is 0 Å². The Labute approximate surface area is 85.9 Å². The molecule has 0 aliphatic rings. The number of hydrogen-bond acceptors (Lipinski definition) is 4. The van der Waals surface area contributed by atoms with Crippen molar-refractivity contribution < 1.29 is 18.3 Å². The lowest BCUT2D eigenvalue weighted by Crippen LogP contribution is -2.25. The smallest absolute Gasteiger partial charge is 0.340 e. The quantitative estimate of drug-likeness (QED) is 0.595. The highest BCUT2D eigenvalue weighted by molar-refractivity contribution is 7.89. The van der Waals surface area contributed by atoms with Crippen molar-refractivity contribution in [1.29, 1.82) is 0 Å². The van der Waals surface area contributed by atoms with E-state index < -0.39 is 26.6 Å². The fourth-order valence-electron chi connectivity index (χ4n) is 0.872. The number of rotatable bonds is 5. The van der Waals surface area contributed by atoms with Crippen LogP contribution in [-0.2, 0) is 10.0 Å². The van der Waals surface area contributed by atoms with E-state index in [1.807, 2.05) is 0 Å². The predicted octanol–water partition coefficient (Wildman–Crippen LogP) is -0.428. The van der Waals surface area contributed by atoms with Crippen LogP contribution in [0.15, 0.2) is 23.9 Å². The minimum absolute atomic E-state index is 0.0143. The van der Waals surface area contributed by atoms with E-state index in [0.29, 0.717) is 0 Å². The van der Waals surface area contributed by atoms with Gasteiger partial charge in [-0.1, -0.05) is 6.08 Å². The Morgan fingerprint density at radius 3 is 2.93 bits per heavy atom. The molecule has 0 atom stereocenters. The van der Waals surface area contributed by atoms with Crippen LogP contribution in [-0.4, -0.2) is 36.2 Å². The van der Waals surface area contributed by atoms with Gasteiger partial charge in [0.05, 0.1) is 6.20 Å². The third kappa shape index (κ3) is 2.42. The van der Waals surface area contributed by atoms with Gasteiger partial charge in [0.15, 0.2) is 5.03 Å². The molecule has 0 radical (unpaired) electrons. The topological polar surface area (TPSA) is 112 Å². The van der Waals surface area contributed by atoms with Gasteiger partial charge in [-0.05, 0) is 0 Å². The van der Waals surface area contributed by atoms with E-state index in [0.717, 1.165) is 6.20 Å². The number of nitrogens with zero attached hydrogens (tertiary/aromatic N) is 1. The van der Waals surface area contributed by atoms with Crippen molar-refractivity contribution in [2.24, 2.45) is 0 Å². The SMILES string of the molecule is C=CCNS(=O)(=O)c1[nH]ncc1C(=O)O.